The third kappa shape index (κ3) is 5.88. The van der Waals surface area contributed by atoms with E-state index >= 15 is 0 Å². The second-order valence-corrected chi connectivity index (χ2v) is 4.48. The van der Waals surface area contributed by atoms with Gasteiger partial charge in [0.1, 0.15) is 0 Å². The van der Waals surface area contributed by atoms with Gasteiger partial charge in [0, 0.05) is 12.8 Å². The smallest absolute Gasteiger partial charge is 0.281 e. The second kappa shape index (κ2) is 4.60. The van der Waals surface area contributed by atoms with E-state index in [0.717, 1.165) is 0 Å². The van der Waals surface area contributed by atoms with Crippen LogP contribution in [0.5, 0.6) is 0 Å². The summed E-state index contributed by atoms with van der Waals surface area (Å²) in [7, 11) is -5.53. The Bertz CT molecular complexity index is 294. The van der Waals surface area contributed by atoms with Crippen LogP contribution in [0.4, 0.5) is 22.0 Å². The molecule has 0 aromatic heterocycles. The third-order valence-corrected chi connectivity index (χ3v) is 2.51. The first-order valence-electron chi connectivity index (χ1n) is 3.87. The maximum atomic E-state index is 12.4. The summed E-state index contributed by atoms with van der Waals surface area (Å²) in [5, 5.41) is -4.38. The van der Waals surface area contributed by atoms with Gasteiger partial charge in [0.15, 0.2) is 0 Å². The van der Waals surface area contributed by atoms with Gasteiger partial charge in [-0.2, -0.15) is 30.4 Å². The van der Waals surface area contributed by atoms with Gasteiger partial charge >= 0.3 is 21.5 Å². The van der Waals surface area contributed by atoms with Crippen molar-refractivity contribution >= 4 is 10.1 Å². The fourth-order valence-corrected chi connectivity index (χ4v) is 1.19. The standard InChI is InChI=1S/C6H9F5O3S/c7-5(8,9)3-1-2-4-6(10,11)15(12,13)14/h1-4H2,(H,12,13,14). The number of hydrogen-bond donors (Lipinski definition) is 1. The normalized spacial score (nSPS) is 14.3. The zero-order valence-electron chi connectivity index (χ0n) is 7.39. The van der Waals surface area contributed by atoms with Crippen molar-refractivity contribution in [3.05, 3.63) is 0 Å². The van der Waals surface area contributed by atoms with Crippen molar-refractivity contribution in [3.63, 3.8) is 0 Å². The van der Waals surface area contributed by atoms with E-state index in [1.54, 1.807) is 0 Å². The topological polar surface area (TPSA) is 54.4 Å². The zero-order valence-corrected chi connectivity index (χ0v) is 8.21. The molecule has 0 saturated heterocycles. The SMILES string of the molecule is O=S(=O)(O)C(F)(F)CCCCC(F)(F)F. The predicted octanol–water partition coefficient (Wildman–Crippen LogP) is 2.59. The summed E-state index contributed by atoms with van der Waals surface area (Å²) in [6.45, 7) is 0. The van der Waals surface area contributed by atoms with Gasteiger partial charge in [-0.25, -0.2) is 0 Å². The quantitative estimate of drug-likeness (QED) is 0.467. The summed E-state index contributed by atoms with van der Waals surface area (Å²) >= 11 is 0. The van der Waals surface area contributed by atoms with E-state index in [-0.39, 0.29) is 0 Å². The molecule has 0 radical (unpaired) electrons. The van der Waals surface area contributed by atoms with E-state index in [1.165, 1.54) is 0 Å². The Labute approximate surface area is 83.0 Å². The molecule has 0 aliphatic heterocycles. The molecule has 3 nitrogen and oxygen atoms in total. The van der Waals surface area contributed by atoms with Crippen LogP contribution in [0, 0.1) is 0 Å². The molecule has 0 amide bonds. The fourth-order valence-electron chi connectivity index (χ4n) is 0.785. The number of hydrogen-bond acceptors (Lipinski definition) is 2. The lowest BCUT2D eigenvalue weighted by molar-refractivity contribution is -0.136. The van der Waals surface area contributed by atoms with E-state index in [9.17, 15) is 30.4 Å². The summed E-state index contributed by atoms with van der Waals surface area (Å²) in [6, 6.07) is 0. The van der Waals surface area contributed by atoms with Crippen LogP contribution in [-0.4, -0.2) is 24.4 Å². The Morgan fingerprint density at radius 2 is 1.33 bits per heavy atom. The van der Waals surface area contributed by atoms with Gasteiger partial charge in [0.05, 0.1) is 0 Å². The first-order chi connectivity index (χ1) is 6.46. The summed E-state index contributed by atoms with van der Waals surface area (Å²) in [5.74, 6) is 0. The van der Waals surface area contributed by atoms with Gasteiger partial charge in [-0.1, -0.05) is 0 Å². The molecule has 0 aliphatic rings. The summed E-state index contributed by atoms with van der Waals surface area (Å²) in [5.41, 5.74) is 0. The molecule has 0 fully saturated rings. The van der Waals surface area contributed by atoms with Crippen molar-refractivity contribution in [1.29, 1.82) is 0 Å². The molecule has 1 N–H and O–H groups in total. The van der Waals surface area contributed by atoms with Crippen molar-refractivity contribution in [2.75, 3.05) is 0 Å². The van der Waals surface area contributed by atoms with Gasteiger partial charge in [-0.15, -0.1) is 0 Å². The van der Waals surface area contributed by atoms with Crippen LogP contribution in [0.3, 0.4) is 0 Å². The van der Waals surface area contributed by atoms with E-state index < -0.39 is 47.2 Å². The molecular weight excluding hydrogens is 247 g/mol. The summed E-state index contributed by atoms with van der Waals surface area (Å²) in [6.07, 6.45) is -8.26. The molecule has 0 rings (SSSR count). The Hall–Kier alpha value is -0.440. The monoisotopic (exact) mass is 256 g/mol. The van der Waals surface area contributed by atoms with Crippen molar-refractivity contribution < 1.29 is 34.9 Å². The van der Waals surface area contributed by atoms with Gasteiger partial charge in [-0.05, 0) is 12.8 Å². The maximum absolute atomic E-state index is 12.4. The molecule has 0 aromatic rings. The van der Waals surface area contributed by atoms with E-state index in [4.69, 9.17) is 4.55 Å². The van der Waals surface area contributed by atoms with Gasteiger partial charge in [0.2, 0.25) is 0 Å². The van der Waals surface area contributed by atoms with Gasteiger partial charge in [-0.3, -0.25) is 4.55 Å². The highest BCUT2D eigenvalue weighted by Gasteiger charge is 2.43. The lowest BCUT2D eigenvalue weighted by atomic mass is 10.2. The molecule has 15 heavy (non-hydrogen) atoms. The molecule has 0 heterocycles. The third-order valence-electron chi connectivity index (χ3n) is 1.56. The van der Waals surface area contributed by atoms with Gasteiger partial charge in [0.25, 0.3) is 0 Å². The zero-order chi connectivity index (χ0) is 12.3. The van der Waals surface area contributed by atoms with Crippen molar-refractivity contribution in [2.45, 2.75) is 37.1 Å². The average Bonchev–Trinajstić information content (AvgIpc) is 1.94. The van der Waals surface area contributed by atoms with Crippen LogP contribution < -0.4 is 0 Å². The Morgan fingerprint density at radius 3 is 1.67 bits per heavy atom. The molecule has 0 aromatic carbocycles. The summed E-state index contributed by atoms with van der Waals surface area (Å²) < 4.78 is 87.6. The van der Waals surface area contributed by atoms with Gasteiger partial charge < -0.3 is 0 Å². The highest BCUT2D eigenvalue weighted by molar-refractivity contribution is 7.86. The van der Waals surface area contributed by atoms with Crippen molar-refractivity contribution in [2.24, 2.45) is 0 Å². The predicted molar refractivity (Wildman–Crippen MR) is 41.0 cm³/mol. The molecule has 0 bridgehead atoms. The highest BCUT2D eigenvalue weighted by atomic mass is 32.2. The van der Waals surface area contributed by atoms with Crippen LogP contribution in [0.15, 0.2) is 0 Å². The number of rotatable bonds is 5. The highest BCUT2D eigenvalue weighted by Crippen LogP contribution is 2.29. The first kappa shape index (κ1) is 14.6. The molecule has 0 spiro atoms. The lowest BCUT2D eigenvalue weighted by Gasteiger charge is -2.12. The number of unbranched alkanes of at least 4 members (excludes halogenated alkanes) is 1. The molecule has 0 unspecified atom stereocenters. The van der Waals surface area contributed by atoms with Crippen LogP contribution in [0.1, 0.15) is 25.7 Å². The maximum Gasteiger partial charge on any atom is 0.389 e. The minimum absolute atomic E-state index is 0.603. The van der Waals surface area contributed by atoms with E-state index in [1.807, 2.05) is 0 Å². The number of alkyl halides is 5. The van der Waals surface area contributed by atoms with Crippen LogP contribution >= 0.6 is 0 Å². The Balaban J connectivity index is 3.98. The van der Waals surface area contributed by atoms with Crippen molar-refractivity contribution in [3.8, 4) is 0 Å². The van der Waals surface area contributed by atoms with Crippen molar-refractivity contribution in [1.82, 2.24) is 0 Å². The molecule has 9 heteroatoms. The van der Waals surface area contributed by atoms with Crippen LogP contribution in [0.25, 0.3) is 0 Å². The minimum atomic E-state index is -5.53. The molecule has 0 aliphatic carbocycles. The molecular formula is C6H9F5O3S. The number of halogens is 5. The molecule has 0 atom stereocenters. The van der Waals surface area contributed by atoms with E-state index in [0.29, 0.717) is 0 Å². The van der Waals surface area contributed by atoms with E-state index in [2.05, 4.69) is 0 Å². The lowest BCUT2D eigenvalue weighted by Crippen LogP contribution is -2.28. The fraction of sp³-hybridized carbons (Fsp3) is 1.00. The molecule has 0 saturated carbocycles. The largest absolute Gasteiger partial charge is 0.389 e. The first-order valence-corrected chi connectivity index (χ1v) is 5.31. The average molecular weight is 256 g/mol. The van der Waals surface area contributed by atoms with Crippen LogP contribution in [-0.2, 0) is 10.1 Å². The Morgan fingerprint density at radius 1 is 0.933 bits per heavy atom. The molecule has 92 valence electrons. The Kier molecular flexibility index (Phi) is 4.47. The second-order valence-electron chi connectivity index (χ2n) is 2.93. The minimum Gasteiger partial charge on any atom is -0.281 e. The summed E-state index contributed by atoms with van der Waals surface area (Å²) in [4.78, 5) is 0. The van der Waals surface area contributed by atoms with Crippen LogP contribution in [0.2, 0.25) is 0 Å².